The fourth-order valence-corrected chi connectivity index (χ4v) is 13.1. The number of imide groups is 1. The van der Waals surface area contributed by atoms with E-state index in [0.717, 1.165) is 118 Å². The minimum atomic E-state index is -0.907. The van der Waals surface area contributed by atoms with Crippen LogP contribution >= 0.6 is 0 Å². The van der Waals surface area contributed by atoms with Gasteiger partial charge in [0.2, 0.25) is 5.91 Å². The van der Waals surface area contributed by atoms with Gasteiger partial charge in [-0.25, -0.2) is 9.18 Å². The Hall–Kier alpha value is -5.94. The minimum Gasteiger partial charge on any atom is -0.468 e. The van der Waals surface area contributed by atoms with E-state index in [0.29, 0.717) is 77.8 Å². The van der Waals surface area contributed by atoms with Crippen LogP contribution in [0.2, 0.25) is 0 Å². The Morgan fingerprint density at radius 1 is 0.855 bits per heavy atom. The van der Waals surface area contributed by atoms with Crippen molar-refractivity contribution in [1.29, 1.82) is 0 Å². The molecule has 1 aromatic heterocycles. The molecule has 0 bridgehead atoms. The second-order valence-corrected chi connectivity index (χ2v) is 23.4. The molecule has 15 nitrogen and oxygen atoms in total. The molecule has 6 aliphatic rings. The van der Waals surface area contributed by atoms with Crippen molar-refractivity contribution in [3.05, 3.63) is 83.2 Å². The molecule has 5 heterocycles. The summed E-state index contributed by atoms with van der Waals surface area (Å²) in [6.45, 7) is 15.5. The Kier molecular flexibility index (Phi) is 14.7. The molecule has 76 heavy (non-hydrogen) atoms. The number of aromatic nitrogens is 2. The lowest BCUT2D eigenvalue weighted by molar-refractivity contribution is -0.120. The quantitative estimate of drug-likeness (QED) is 0.0962. The predicted octanol–water partition coefficient (Wildman–Crippen LogP) is 9.13. The number of nitrogens with one attached hydrogen (secondary N) is 1. The lowest BCUT2D eigenvalue weighted by atomic mass is 9.65. The number of benzene rings is 4. The van der Waals surface area contributed by atoms with Crippen LogP contribution in [0.4, 0.5) is 20.7 Å². The molecule has 404 valence electrons. The number of β-amino-alcohol motifs (C(OH)–C–C–N with tert-alkyl or cyclic N) is 1. The number of aryl methyl sites for hydroxylation is 2. The van der Waals surface area contributed by atoms with Gasteiger partial charge in [0.25, 0.3) is 5.91 Å². The molecule has 4 amide bonds. The summed E-state index contributed by atoms with van der Waals surface area (Å²) in [5, 5.41) is 16.1. The first kappa shape index (κ1) is 52.1. The molecule has 6 fully saturated rings. The monoisotopic (exact) mass is 1040 g/mol. The number of hydrogen-bond acceptors (Lipinski definition) is 12. The number of piperidine rings is 2. The third kappa shape index (κ3) is 11.0. The van der Waals surface area contributed by atoms with Gasteiger partial charge in [-0.1, -0.05) is 37.3 Å². The largest absolute Gasteiger partial charge is 0.468 e. The highest BCUT2D eigenvalue weighted by molar-refractivity contribution is 6.07. The van der Waals surface area contributed by atoms with Crippen LogP contribution in [0.1, 0.15) is 106 Å². The van der Waals surface area contributed by atoms with Crippen molar-refractivity contribution >= 4 is 51.0 Å². The van der Waals surface area contributed by atoms with Crippen LogP contribution in [0, 0.1) is 29.5 Å². The smallest absolute Gasteiger partial charge is 0.328 e. The summed E-state index contributed by atoms with van der Waals surface area (Å²) in [4.78, 5) is 58.9. The molecule has 0 unspecified atom stereocenters. The maximum atomic E-state index is 17.5. The van der Waals surface area contributed by atoms with Gasteiger partial charge in [0, 0.05) is 113 Å². The van der Waals surface area contributed by atoms with E-state index in [2.05, 4.69) is 33.0 Å². The summed E-state index contributed by atoms with van der Waals surface area (Å²) < 4.78 is 35.2. The number of fused-ring (bicyclic) bond motifs is 2. The normalized spacial score (nSPS) is 22.4. The van der Waals surface area contributed by atoms with E-state index in [9.17, 15) is 19.5 Å². The van der Waals surface area contributed by atoms with Crippen molar-refractivity contribution in [3.8, 4) is 22.9 Å². The molecule has 2 aliphatic carbocycles. The Labute approximate surface area is 446 Å². The van der Waals surface area contributed by atoms with E-state index >= 15 is 4.39 Å². The Bertz CT molecular complexity index is 2990. The number of piperazine rings is 1. The first-order valence-electron chi connectivity index (χ1n) is 27.9. The summed E-state index contributed by atoms with van der Waals surface area (Å²) in [7, 11) is 1.58. The van der Waals surface area contributed by atoms with Crippen molar-refractivity contribution in [2.75, 3.05) is 102 Å². The van der Waals surface area contributed by atoms with Gasteiger partial charge in [0.05, 0.1) is 12.2 Å². The highest BCUT2D eigenvalue weighted by atomic mass is 19.1. The summed E-state index contributed by atoms with van der Waals surface area (Å²) in [5.74, 6) is 1.14. The van der Waals surface area contributed by atoms with Crippen LogP contribution in [-0.4, -0.2) is 146 Å². The number of anilines is 2. The lowest BCUT2D eigenvalue weighted by Gasteiger charge is -2.47. The minimum absolute atomic E-state index is 0.00827. The predicted molar refractivity (Wildman–Crippen MR) is 293 cm³/mol. The fourth-order valence-electron chi connectivity index (χ4n) is 13.1. The second-order valence-electron chi connectivity index (χ2n) is 23.4. The van der Waals surface area contributed by atoms with Crippen LogP contribution in [0.3, 0.4) is 0 Å². The van der Waals surface area contributed by atoms with E-state index < -0.39 is 17.4 Å². The molecule has 0 radical (unpaired) electrons. The number of rotatable bonds is 15. The van der Waals surface area contributed by atoms with Gasteiger partial charge in [-0.2, -0.15) is 9.97 Å². The number of hydrogen-bond donors (Lipinski definition) is 2. The first-order valence-corrected chi connectivity index (χ1v) is 27.9. The molecule has 4 saturated heterocycles. The van der Waals surface area contributed by atoms with Gasteiger partial charge in [0.1, 0.15) is 17.1 Å². The van der Waals surface area contributed by atoms with Gasteiger partial charge in [-0.05, 0) is 154 Å². The Morgan fingerprint density at radius 3 is 2.36 bits per heavy atom. The van der Waals surface area contributed by atoms with Crippen molar-refractivity contribution in [2.24, 2.45) is 16.7 Å². The number of likely N-dealkylation sites (tertiary alicyclic amines) is 1. The summed E-state index contributed by atoms with van der Waals surface area (Å²) in [5.41, 5.74) is 3.98. The molecule has 1 atom stereocenters. The van der Waals surface area contributed by atoms with E-state index in [1.807, 2.05) is 73.3 Å². The molecule has 4 aliphatic heterocycles. The molecule has 16 heteroatoms. The highest BCUT2D eigenvalue weighted by Gasteiger charge is 2.46. The van der Waals surface area contributed by atoms with Crippen molar-refractivity contribution in [3.63, 3.8) is 0 Å². The van der Waals surface area contributed by atoms with Crippen molar-refractivity contribution in [1.82, 2.24) is 30.0 Å². The number of halogens is 1. The van der Waals surface area contributed by atoms with Gasteiger partial charge >= 0.3 is 12.0 Å². The van der Waals surface area contributed by atoms with E-state index in [-0.39, 0.29) is 42.0 Å². The Balaban J connectivity index is 0.702. The van der Waals surface area contributed by atoms with Gasteiger partial charge in [-0.15, -0.1) is 0 Å². The average molecular weight is 1040 g/mol. The standard InChI is InChI=1S/C60H75FN8O7/c1-5-42-8-6-9-43-32-45(76-39-74-4)34-48(51(42)43)46-12-13-47-53(52(46)61)63-56(64-54(47)68-24-7-17-58(3,73)36-68)75-38-60(20-21-60)37-66-30-28-65(29-31-66)35-41-14-18-59(19-15-41)22-26-67(27-23-59)55(71)44-11-10-40(2)49(33-44)69-25-16-50(70)62-57(69)72/h6,8-13,32-34,41,73H,5,7,14-31,35-39H2,1-4H3,(H,62,70,72)/t58-/m1/s1. The van der Waals surface area contributed by atoms with E-state index in [1.165, 1.54) is 25.7 Å². The number of aliphatic hydroxyl groups is 1. The zero-order valence-corrected chi connectivity index (χ0v) is 44.9. The average Bonchev–Trinajstić information content (AvgIpc) is 4.22. The molecule has 11 rings (SSSR count). The van der Waals surface area contributed by atoms with Crippen LogP contribution in [0.15, 0.2) is 60.7 Å². The maximum Gasteiger partial charge on any atom is 0.328 e. The first-order chi connectivity index (χ1) is 36.7. The second kappa shape index (κ2) is 21.5. The molecule has 5 aromatic rings. The molecule has 2 N–H and O–H groups in total. The molecule has 2 saturated carbocycles. The fraction of sp³-hybridized carbons (Fsp3) is 0.550. The number of carbonyl (C=O) groups is 3. The third-order valence-corrected chi connectivity index (χ3v) is 17.9. The summed E-state index contributed by atoms with van der Waals surface area (Å²) in [6.07, 6.45) is 11.5. The summed E-state index contributed by atoms with van der Waals surface area (Å²) in [6, 6.07) is 19.0. The molecular formula is C60H75FN8O7. The van der Waals surface area contributed by atoms with E-state index in [1.54, 1.807) is 12.0 Å². The number of urea groups is 1. The maximum absolute atomic E-state index is 17.5. The molecular weight excluding hydrogens is 964 g/mol. The van der Waals surface area contributed by atoms with Crippen molar-refractivity contribution in [2.45, 2.75) is 103 Å². The SMILES string of the molecule is CCc1cccc2cc(OCOC)cc(-c3ccc4c(N5CCC[C@@](C)(O)C5)nc(OCC5(CN6CCN(CC7CCC8(CC7)CCN(C(=O)c7ccc(C)c(N9CCC(=O)NC9=O)c7)CC8)CC6)CC5)nc4c3F)c12. The van der Waals surface area contributed by atoms with Gasteiger partial charge in [0.15, 0.2) is 12.6 Å². The number of carbonyl (C=O) groups excluding carboxylic acids is 3. The zero-order chi connectivity index (χ0) is 52.8. The number of nitrogens with zero attached hydrogens (tertiary/aromatic N) is 7. The van der Waals surface area contributed by atoms with Crippen LogP contribution in [0.5, 0.6) is 11.8 Å². The van der Waals surface area contributed by atoms with Crippen molar-refractivity contribution < 1.29 is 38.1 Å². The third-order valence-electron chi connectivity index (χ3n) is 17.9. The number of methoxy groups -OCH3 is 1. The van der Waals surface area contributed by atoms with E-state index in [4.69, 9.17) is 24.2 Å². The van der Waals surface area contributed by atoms with Crippen LogP contribution in [0.25, 0.3) is 32.8 Å². The van der Waals surface area contributed by atoms with Crippen LogP contribution in [-0.2, 0) is 16.0 Å². The van der Waals surface area contributed by atoms with Gasteiger partial charge < -0.3 is 38.9 Å². The van der Waals surface area contributed by atoms with Gasteiger partial charge in [-0.3, -0.25) is 19.8 Å². The number of ether oxygens (including phenoxy) is 3. The highest BCUT2D eigenvalue weighted by Crippen LogP contribution is 2.49. The zero-order valence-electron chi connectivity index (χ0n) is 44.9. The molecule has 1 spiro atoms. The lowest BCUT2D eigenvalue weighted by Crippen LogP contribution is -2.50. The number of amides is 4. The molecule has 4 aromatic carbocycles. The topological polar surface area (TPSA) is 153 Å². The summed E-state index contributed by atoms with van der Waals surface area (Å²) >= 11 is 0. The Morgan fingerprint density at radius 2 is 1.63 bits per heavy atom. The van der Waals surface area contributed by atoms with Crippen LogP contribution < -0.4 is 24.6 Å².